The molecule has 3 N–H and O–H groups in total. The monoisotopic (exact) mass is 284 g/mol. The number of nitrogens with one attached hydrogen (secondary N) is 1. The van der Waals surface area contributed by atoms with Gasteiger partial charge in [0.1, 0.15) is 0 Å². The van der Waals surface area contributed by atoms with Crippen LogP contribution >= 0.6 is 0 Å². The molecular formula is C13H15F3N4. The molecule has 2 rings (SSSR count). The van der Waals surface area contributed by atoms with Crippen LogP contribution in [-0.4, -0.2) is 16.3 Å². The van der Waals surface area contributed by atoms with E-state index < -0.39 is 11.7 Å². The van der Waals surface area contributed by atoms with E-state index in [1.54, 1.807) is 10.9 Å². The van der Waals surface area contributed by atoms with E-state index in [-0.39, 0.29) is 11.4 Å². The van der Waals surface area contributed by atoms with Crippen molar-refractivity contribution in [3.63, 3.8) is 0 Å². The summed E-state index contributed by atoms with van der Waals surface area (Å²) < 4.78 is 40.3. The molecule has 0 unspecified atom stereocenters. The van der Waals surface area contributed by atoms with Crippen LogP contribution in [0.4, 0.5) is 24.5 Å². The lowest BCUT2D eigenvalue weighted by Gasteiger charge is -2.15. The highest BCUT2D eigenvalue weighted by Gasteiger charge is 2.33. The molecule has 1 aromatic heterocycles. The summed E-state index contributed by atoms with van der Waals surface area (Å²) >= 11 is 0. The van der Waals surface area contributed by atoms with E-state index in [0.717, 1.165) is 11.6 Å². The molecule has 108 valence electrons. The highest BCUT2D eigenvalue weighted by molar-refractivity contribution is 5.59. The van der Waals surface area contributed by atoms with Crippen molar-refractivity contribution in [3.05, 3.63) is 41.7 Å². The molecule has 0 bridgehead atoms. The van der Waals surface area contributed by atoms with Gasteiger partial charge in [0.05, 0.1) is 18.3 Å². The van der Waals surface area contributed by atoms with Crippen LogP contribution in [0.25, 0.3) is 0 Å². The number of nitrogen functional groups attached to an aromatic ring is 1. The number of alkyl halides is 3. The van der Waals surface area contributed by atoms with Crippen LogP contribution in [0.1, 0.15) is 11.1 Å². The zero-order valence-corrected chi connectivity index (χ0v) is 10.9. The molecule has 0 saturated carbocycles. The number of nitrogens with two attached hydrogens (primary N) is 1. The summed E-state index contributed by atoms with van der Waals surface area (Å²) in [6.07, 6.45) is -0.903. The molecule has 7 heteroatoms. The molecule has 1 aromatic carbocycles. The molecule has 0 aliphatic heterocycles. The summed E-state index contributed by atoms with van der Waals surface area (Å²) in [5.41, 5.74) is 5.77. The lowest BCUT2D eigenvalue weighted by atomic mass is 10.1. The van der Waals surface area contributed by atoms with Crippen LogP contribution in [0.15, 0.2) is 30.6 Å². The minimum Gasteiger partial charge on any atom is -0.399 e. The highest BCUT2D eigenvalue weighted by Crippen LogP contribution is 2.35. The molecule has 4 nitrogen and oxygen atoms in total. The Morgan fingerprint density at radius 1 is 1.35 bits per heavy atom. The third-order valence-corrected chi connectivity index (χ3v) is 2.77. The first-order chi connectivity index (χ1) is 9.36. The fraction of sp³-hybridized carbons (Fsp3) is 0.308. The predicted molar refractivity (Wildman–Crippen MR) is 71.3 cm³/mol. The van der Waals surface area contributed by atoms with Gasteiger partial charge in [0.15, 0.2) is 0 Å². The quantitative estimate of drug-likeness (QED) is 0.849. The number of benzene rings is 1. The summed E-state index contributed by atoms with van der Waals surface area (Å²) in [5, 5.41) is 6.84. The molecule has 0 saturated heterocycles. The molecule has 0 fully saturated rings. The fourth-order valence-electron chi connectivity index (χ4n) is 1.84. The fourth-order valence-corrected chi connectivity index (χ4v) is 1.84. The van der Waals surface area contributed by atoms with Gasteiger partial charge in [0, 0.05) is 24.1 Å². The Bertz CT molecular complexity index is 590. The summed E-state index contributed by atoms with van der Waals surface area (Å²) in [6, 6.07) is 3.71. The Balaban J connectivity index is 2.06. The number of aromatic nitrogens is 2. The molecular weight excluding hydrogens is 269 g/mol. The Morgan fingerprint density at radius 2 is 2.10 bits per heavy atom. The van der Waals surface area contributed by atoms with Gasteiger partial charge in [-0.25, -0.2) is 0 Å². The number of hydrogen-bond donors (Lipinski definition) is 2. The van der Waals surface area contributed by atoms with E-state index in [1.165, 1.54) is 12.1 Å². The maximum Gasteiger partial charge on any atom is 0.418 e. The maximum atomic E-state index is 12.9. The number of halogens is 3. The molecule has 2 aromatic rings. The number of hydrogen-bond acceptors (Lipinski definition) is 3. The number of aryl methyl sites for hydroxylation is 1. The lowest BCUT2D eigenvalue weighted by molar-refractivity contribution is -0.136. The zero-order valence-electron chi connectivity index (χ0n) is 10.9. The predicted octanol–water partition coefficient (Wildman–Crippen LogP) is 2.90. The van der Waals surface area contributed by atoms with Crippen molar-refractivity contribution in [2.45, 2.75) is 19.6 Å². The van der Waals surface area contributed by atoms with Crippen LogP contribution in [0.5, 0.6) is 0 Å². The first-order valence-electron chi connectivity index (χ1n) is 6.06. The Morgan fingerprint density at radius 3 is 2.70 bits per heavy atom. The van der Waals surface area contributed by atoms with Crippen LogP contribution in [0, 0.1) is 6.92 Å². The van der Waals surface area contributed by atoms with Crippen molar-refractivity contribution < 1.29 is 13.2 Å². The SMILES string of the molecule is Cc1cnn(CCNc2ccc(N)cc2C(F)(F)F)c1. The second-order valence-electron chi connectivity index (χ2n) is 4.51. The van der Waals surface area contributed by atoms with Gasteiger partial charge in [-0.2, -0.15) is 18.3 Å². The first kappa shape index (κ1) is 14.2. The summed E-state index contributed by atoms with van der Waals surface area (Å²) in [7, 11) is 0. The van der Waals surface area contributed by atoms with Gasteiger partial charge in [-0.15, -0.1) is 0 Å². The van der Waals surface area contributed by atoms with E-state index in [0.29, 0.717) is 13.1 Å². The Kier molecular flexibility index (Phi) is 3.87. The van der Waals surface area contributed by atoms with Gasteiger partial charge >= 0.3 is 6.18 Å². The van der Waals surface area contributed by atoms with E-state index >= 15 is 0 Å². The summed E-state index contributed by atoms with van der Waals surface area (Å²) in [6.45, 7) is 2.72. The summed E-state index contributed by atoms with van der Waals surface area (Å²) in [4.78, 5) is 0. The normalized spacial score (nSPS) is 11.6. The van der Waals surface area contributed by atoms with Crippen LogP contribution in [-0.2, 0) is 12.7 Å². The minimum absolute atomic E-state index is 0.0237. The van der Waals surface area contributed by atoms with E-state index in [4.69, 9.17) is 5.73 Å². The highest BCUT2D eigenvalue weighted by atomic mass is 19.4. The Labute approximate surface area is 114 Å². The molecule has 0 spiro atoms. The topological polar surface area (TPSA) is 55.9 Å². The number of nitrogens with zero attached hydrogens (tertiary/aromatic N) is 2. The first-order valence-corrected chi connectivity index (χ1v) is 6.06. The molecule has 0 aliphatic rings. The molecule has 0 amide bonds. The van der Waals surface area contributed by atoms with Crippen LogP contribution in [0.3, 0.4) is 0 Å². The molecule has 20 heavy (non-hydrogen) atoms. The zero-order chi connectivity index (χ0) is 14.8. The molecule has 1 heterocycles. The molecule has 0 aliphatic carbocycles. The standard InChI is InChI=1S/C13H15F3N4/c1-9-7-19-20(8-9)5-4-18-12-3-2-10(17)6-11(12)13(14,15)16/h2-3,6-8,18H,4-5,17H2,1H3. The largest absolute Gasteiger partial charge is 0.418 e. The van der Waals surface area contributed by atoms with Gasteiger partial charge in [0.2, 0.25) is 0 Å². The van der Waals surface area contributed by atoms with E-state index in [2.05, 4.69) is 10.4 Å². The van der Waals surface area contributed by atoms with Crippen molar-refractivity contribution in [2.75, 3.05) is 17.6 Å². The molecule has 0 radical (unpaired) electrons. The second kappa shape index (κ2) is 5.44. The van der Waals surface area contributed by atoms with E-state index in [1.807, 2.05) is 13.1 Å². The Hall–Kier alpha value is -2.18. The third-order valence-electron chi connectivity index (χ3n) is 2.77. The number of rotatable bonds is 4. The van der Waals surface area contributed by atoms with Crippen molar-refractivity contribution in [2.24, 2.45) is 0 Å². The van der Waals surface area contributed by atoms with Crippen molar-refractivity contribution in [1.29, 1.82) is 0 Å². The average molecular weight is 284 g/mol. The van der Waals surface area contributed by atoms with Gasteiger partial charge in [-0.3, -0.25) is 4.68 Å². The molecule has 0 atom stereocenters. The van der Waals surface area contributed by atoms with Crippen molar-refractivity contribution >= 4 is 11.4 Å². The van der Waals surface area contributed by atoms with Gasteiger partial charge in [-0.05, 0) is 30.7 Å². The second-order valence-corrected chi connectivity index (χ2v) is 4.51. The van der Waals surface area contributed by atoms with Gasteiger partial charge < -0.3 is 11.1 Å². The maximum absolute atomic E-state index is 12.9. The lowest BCUT2D eigenvalue weighted by Crippen LogP contribution is -2.15. The van der Waals surface area contributed by atoms with Crippen molar-refractivity contribution in [1.82, 2.24) is 9.78 Å². The number of anilines is 2. The van der Waals surface area contributed by atoms with Crippen LogP contribution in [0.2, 0.25) is 0 Å². The third kappa shape index (κ3) is 3.43. The van der Waals surface area contributed by atoms with Gasteiger partial charge in [-0.1, -0.05) is 0 Å². The minimum atomic E-state index is -4.43. The van der Waals surface area contributed by atoms with E-state index in [9.17, 15) is 13.2 Å². The van der Waals surface area contributed by atoms with Crippen LogP contribution < -0.4 is 11.1 Å². The van der Waals surface area contributed by atoms with Crippen molar-refractivity contribution in [3.8, 4) is 0 Å². The average Bonchev–Trinajstić information content (AvgIpc) is 2.76. The summed E-state index contributed by atoms with van der Waals surface area (Å²) in [5.74, 6) is 0. The van der Waals surface area contributed by atoms with Gasteiger partial charge in [0.25, 0.3) is 0 Å². The smallest absolute Gasteiger partial charge is 0.399 e.